The number of hydrazine groups is 1. The van der Waals surface area contributed by atoms with Crippen molar-refractivity contribution in [3.05, 3.63) is 92.4 Å². The van der Waals surface area contributed by atoms with Crippen LogP contribution in [0.5, 0.6) is 0 Å². The molecule has 2 aliphatic rings. The number of H-pyrrole nitrogens is 1. The first-order valence-corrected chi connectivity index (χ1v) is 12.8. The quantitative estimate of drug-likeness (QED) is 0.0980. The summed E-state index contributed by atoms with van der Waals surface area (Å²) < 4.78 is 16.2. The van der Waals surface area contributed by atoms with E-state index in [0.717, 1.165) is 23.3 Å². The lowest BCUT2D eigenvalue weighted by Crippen LogP contribution is -2.28. The molecular formula is C26H21Cl2FN8O3. The molecule has 0 amide bonds. The summed E-state index contributed by atoms with van der Waals surface area (Å²) in [5, 5.41) is 10.7. The highest BCUT2D eigenvalue weighted by Crippen LogP contribution is 2.60. The third-order valence-corrected chi connectivity index (χ3v) is 7.67. The highest BCUT2D eigenvalue weighted by atomic mass is 35.5. The van der Waals surface area contributed by atoms with Crippen molar-refractivity contribution in [2.45, 2.75) is 18.4 Å². The van der Waals surface area contributed by atoms with Crippen LogP contribution in [0.15, 0.2) is 59.2 Å². The first kappa shape index (κ1) is 25.9. The number of nitrogens with one attached hydrogen (secondary N) is 1. The molecule has 1 saturated carbocycles. The number of hydrogen-bond acceptors (Lipinski definition) is 8. The number of hydrogen-bond donors (Lipinski definition) is 5. The fourth-order valence-electron chi connectivity index (χ4n) is 5.31. The van der Waals surface area contributed by atoms with E-state index in [4.69, 9.17) is 45.6 Å². The van der Waals surface area contributed by atoms with Gasteiger partial charge in [-0.1, -0.05) is 23.2 Å². The van der Waals surface area contributed by atoms with Crippen molar-refractivity contribution in [2.75, 3.05) is 10.7 Å². The molecule has 3 aromatic heterocycles. The molecule has 3 unspecified atom stereocenters. The molecule has 1 aliphatic heterocycles. The van der Waals surface area contributed by atoms with E-state index in [2.05, 4.69) is 15.0 Å². The van der Waals surface area contributed by atoms with E-state index < -0.39 is 23.7 Å². The Labute approximate surface area is 235 Å². The van der Waals surface area contributed by atoms with Crippen molar-refractivity contribution in [1.82, 2.24) is 19.5 Å². The molecular weight excluding hydrogens is 562 g/mol. The maximum absolute atomic E-state index is 14.5. The number of rotatable bonds is 6. The van der Waals surface area contributed by atoms with Gasteiger partial charge in [0.25, 0.3) is 5.56 Å². The Balaban J connectivity index is 1.42. The number of aliphatic carboxylic acids is 1. The molecule has 3 atom stereocenters. The number of aromatic amines is 1. The van der Waals surface area contributed by atoms with E-state index in [9.17, 15) is 14.0 Å². The molecule has 14 heteroatoms. The van der Waals surface area contributed by atoms with Crippen LogP contribution >= 0.6 is 23.2 Å². The standard InChI is InChI=1S/C26H21Cl2FN8O3/c27-11-1-3-17(36(32)9-16(30)26(39)40)13(7-11)10-5-18-14-8-15(14)22(37(18)20(38)6-10)25-34-21(23(28)35-25)12-2-4-19(31)33-24(12)29/h1-7,9,14-15,22H,8,30,32H2,(H2,31,33)(H,34,35)(H,39,40)/b16-9-. The third-order valence-electron chi connectivity index (χ3n) is 7.16. The van der Waals surface area contributed by atoms with Crippen LogP contribution < -0.4 is 27.9 Å². The second kappa shape index (κ2) is 9.37. The Morgan fingerprint density at radius 3 is 2.67 bits per heavy atom. The largest absolute Gasteiger partial charge is 0.477 e. The Hall–Kier alpha value is -4.39. The van der Waals surface area contributed by atoms with Gasteiger partial charge in [0.2, 0.25) is 5.95 Å². The minimum Gasteiger partial charge on any atom is -0.477 e. The summed E-state index contributed by atoms with van der Waals surface area (Å²) in [6.45, 7) is 0. The minimum absolute atomic E-state index is 0.0306. The molecule has 8 N–H and O–H groups in total. The van der Waals surface area contributed by atoms with Crippen molar-refractivity contribution >= 4 is 40.7 Å². The van der Waals surface area contributed by atoms with E-state index in [0.29, 0.717) is 27.7 Å². The van der Waals surface area contributed by atoms with Gasteiger partial charge in [-0.15, -0.1) is 0 Å². The number of carbonyl (C=O) groups is 1. The molecule has 1 aliphatic carbocycles. The van der Waals surface area contributed by atoms with Gasteiger partial charge in [0.15, 0.2) is 0 Å². The zero-order valence-corrected chi connectivity index (χ0v) is 22.0. The lowest BCUT2D eigenvalue weighted by Gasteiger charge is -2.21. The summed E-state index contributed by atoms with van der Waals surface area (Å²) >= 11 is 12.7. The SMILES string of the molecule is N/C(=C\N(N)c1ccc(Cl)cc1-c1cc2n(c(=O)c1)C(c1nc(-c3ccc(N)nc3F)c(Cl)[nH]1)C1CC21)C(=O)O. The Morgan fingerprint density at radius 2 is 1.95 bits per heavy atom. The van der Waals surface area contributed by atoms with Crippen LogP contribution in [0, 0.1) is 11.9 Å². The van der Waals surface area contributed by atoms with Gasteiger partial charge in [-0.3, -0.25) is 9.80 Å². The maximum atomic E-state index is 14.5. The predicted molar refractivity (Wildman–Crippen MR) is 148 cm³/mol. The number of aromatic nitrogens is 4. The van der Waals surface area contributed by atoms with Crippen molar-refractivity contribution in [2.24, 2.45) is 17.5 Å². The summed E-state index contributed by atoms with van der Waals surface area (Å²) in [6, 6.07) is 10.6. The first-order chi connectivity index (χ1) is 19.0. The highest BCUT2D eigenvalue weighted by Gasteiger charge is 2.54. The normalized spacial score (nSPS) is 19.3. The van der Waals surface area contributed by atoms with Crippen LogP contribution in [-0.2, 0) is 4.79 Å². The molecule has 1 fully saturated rings. The second-order valence-electron chi connectivity index (χ2n) is 9.65. The summed E-state index contributed by atoms with van der Waals surface area (Å²) in [5.74, 6) is 4.64. The third kappa shape index (κ3) is 4.26. The zero-order valence-electron chi connectivity index (χ0n) is 20.5. The van der Waals surface area contributed by atoms with Crippen molar-refractivity contribution < 1.29 is 14.3 Å². The number of benzene rings is 1. The summed E-state index contributed by atoms with van der Waals surface area (Å²) in [6.07, 6.45) is 1.89. The van der Waals surface area contributed by atoms with Crippen LogP contribution in [0.2, 0.25) is 10.2 Å². The van der Waals surface area contributed by atoms with E-state index in [-0.39, 0.29) is 39.6 Å². The average Bonchev–Trinajstić information content (AvgIpc) is 3.48. The summed E-state index contributed by atoms with van der Waals surface area (Å²) in [7, 11) is 0. The molecule has 0 radical (unpaired) electrons. The number of carboxylic acids is 1. The number of nitrogens with two attached hydrogens (primary N) is 3. The van der Waals surface area contributed by atoms with Gasteiger partial charge in [0.05, 0.1) is 23.5 Å². The Morgan fingerprint density at radius 1 is 1.18 bits per heavy atom. The van der Waals surface area contributed by atoms with Crippen LogP contribution in [-0.4, -0.2) is 30.6 Å². The van der Waals surface area contributed by atoms with Gasteiger partial charge < -0.3 is 26.1 Å². The molecule has 4 heterocycles. The van der Waals surface area contributed by atoms with E-state index in [1.54, 1.807) is 22.8 Å². The Kier molecular flexibility index (Phi) is 6.06. The first-order valence-electron chi connectivity index (χ1n) is 12.0. The number of fused-ring (bicyclic) bond motifs is 3. The Bertz CT molecular complexity index is 1800. The van der Waals surface area contributed by atoms with E-state index in [1.165, 1.54) is 18.2 Å². The molecule has 204 valence electrons. The van der Waals surface area contributed by atoms with Crippen LogP contribution in [0.3, 0.4) is 0 Å². The average molecular weight is 583 g/mol. The lowest BCUT2D eigenvalue weighted by molar-refractivity contribution is -0.132. The highest BCUT2D eigenvalue weighted by molar-refractivity contribution is 6.32. The number of carboxylic acid groups (broad SMARTS) is 1. The molecule has 1 aromatic carbocycles. The smallest absolute Gasteiger partial charge is 0.353 e. The maximum Gasteiger partial charge on any atom is 0.353 e. The summed E-state index contributed by atoms with van der Waals surface area (Å²) in [4.78, 5) is 36.0. The molecule has 0 spiro atoms. The van der Waals surface area contributed by atoms with Crippen LogP contribution in [0.25, 0.3) is 22.4 Å². The van der Waals surface area contributed by atoms with Gasteiger partial charge >= 0.3 is 5.97 Å². The van der Waals surface area contributed by atoms with E-state index >= 15 is 0 Å². The number of halogens is 3. The molecule has 6 rings (SSSR count). The van der Waals surface area contributed by atoms with Gasteiger partial charge in [0.1, 0.15) is 28.2 Å². The van der Waals surface area contributed by atoms with Gasteiger partial charge in [-0.25, -0.2) is 20.6 Å². The molecule has 0 bridgehead atoms. The molecule has 4 aromatic rings. The molecule has 40 heavy (non-hydrogen) atoms. The van der Waals surface area contributed by atoms with E-state index in [1.807, 2.05) is 6.07 Å². The van der Waals surface area contributed by atoms with Gasteiger partial charge in [0, 0.05) is 28.3 Å². The number of imidazole rings is 1. The monoisotopic (exact) mass is 582 g/mol. The predicted octanol–water partition coefficient (Wildman–Crippen LogP) is 3.60. The number of nitrogens with zero attached hydrogens (tertiary/aromatic N) is 4. The topological polar surface area (TPSA) is 182 Å². The fourth-order valence-corrected chi connectivity index (χ4v) is 5.72. The minimum atomic E-state index is -1.33. The van der Waals surface area contributed by atoms with Crippen molar-refractivity contribution in [3.8, 4) is 22.4 Å². The number of anilines is 2. The lowest BCUT2D eigenvalue weighted by atomic mass is 10.0. The zero-order chi connectivity index (χ0) is 28.5. The van der Waals surface area contributed by atoms with Crippen molar-refractivity contribution in [3.63, 3.8) is 0 Å². The fraction of sp³-hybridized carbons (Fsp3) is 0.154. The molecule has 0 saturated heterocycles. The van der Waals surface area contributed by atoms with Crippen molar-refractivity contribution in [1.29, 1.82) is 0 Å². The molecule has 11 nitrogen and oxygen atoms in total. The van der Waals surface area contributed by atoms with Gasteiger partial charge in [-0.2, -0.15) is 4.39 Å². The van der Waals surface area contributed by atoms with Gasteiger partial charge in [-0.05, 0) is 54.3 Å². The second-order valence-corrected chi connectivity index (χ2v) is 10.5. The van der Waals surface area contributed by atoms with Crippen LogP contribution in [0.1, 0.15) is 29.9 Å². The number of pyridine rings is 2. The summed E-state index contributed by atoms with van der Waals surface area (Å²) in [5.41, 5.74) is 12.9. The van der Waals surface area contributed by atoms with Crippen LogP contribution in [0.4, 0.5) is 15.9 Å². The number of nitrogen functional groups attached to an aromatic ring is 1.